The molecule has 3 amide bonds. The molecule has 0 aliphatic heterocycles. The molecule has 0 unspecified atom stereocenters. The normalized spacial score (nSPS) is 15.1. The van der Waals surface area contributed by atoms with Crippen LogP contribution in [0.15, 0.2) is 28.3 Å². The Labute approximate surface area is 167 Å². The first-order valence-corrected chi connectivity index (χ1v) is 11.6. The number of urea groups is 1. The van der Waals surface area contributed by atoms with Crippen molar-refractivity contribution in [2.45, 2.75) is 55.2 Å². The zero-order valence-corrected chi connectivity index (χ0v) is 17.1. The van der Waals surface area contributed by atoms with E-state index in [0.29, 0.717) is 17.2 Å². The Morgan fingerprint density at radius 3 is 2.68 bits per heavy atom. The van der Waals surface area contributed by atoms with Crippen LogP contribution in [0.4, 0.5) is 4.79 Å². The van der Waals surface area contributed by atoms with Gasteiger partial charge in [0.25, 0.3) is 0 Å². The molecule has 1 saturated carbocycles. The number of benzene rings is 1. The van der Waals surface area contributed by atoms with Crippen LogP contribution in [0, 0.1) is 0 Å². The van der Waals surface area contributed by atoms with Crippen molar-refractivity contribution >= 4 is 44.8 Å². The van der Waals surface area contributed by atoms with Crippen molar-refractivity contribution in [1.29, 1.82) is 0 Å². The van der Waals surface area contributed by atoms with E-state index in [1.807, 2.05) is 11.5 Å². The van der Waals surface area contributed by atoms with Gasteiger partial charge in [-0.05, 0) is 38.0 Å². The van der Waals surface area contributed by atoms with Crippen molar-refractivity contribution < 1.29 is 18.0 Å². The lowest BCUT2D eigenvalue weighted by Crippen LogP contribution is -2.44. The van der Waals surface area contributed by atoms with E-state index < -0.39 is 22.0 Å². The minimum absolute atomic E-state index is 0.0152. The van der Waals surface area contributed by atoms with Crippen LogP contribution in [-0.4, -0.2) is 41.7 Å². The van der Waals surface area contributed by atoms with Gasteiger partial charge in [-0.1, -0.05) is 24.6 Å². The second-order valence-electron chi connectivity index (χ2n) is 6.63. The monoisotopic (exact) mass is 425 g/mol. The van der Waals surface area contributed by atoms with Crippen molar-refractivity contribution in [2.24, 2.45) is 5.14 Å². The molecule has 0 radical (unpaired) electrons. The maximum atomic E-state index is 12.1. The lowest BCUT2D eigenvalue weighted by molar-refractivity contribution is -0.117. The summed E-state index contributed by atoms with van der Waals surface area (Å²) in [6, 6.07) is 4.15. The Bertz CT molecular complexity index is 996. The van der Waals surface area contributed by atoms with Crippen molar-refractivity contribution in [3.8, 4) is 0 Å². The average molecular weight is 426 g/mol. The third kappa shape index (κ3) is 4.83. The predicted octanol–water partition coefficient (Wildman–Crippen LogP) is 1.56. The number of carbonyl (C=O) groups is 2. The number of nitrogens with two attached hydrogens (primary N) is 1. The Kier molecular flexibility index (Phi) is 6.26. The third-order valence-corrected chi connectivity index (χ3v) is 6.49. The van der Waals surface area contributed by atoms with E-state index in [1.54, 1.807) is 6.07 Å². The first-order valence-electron chi connectivity index (χ1n) is 9.04. The van der Waals surface area contributed by atoms with Crippen molar-refractivity contribution in [2.75, 3.05) is 5.75 Å². The summed E-state index contributed by atoms with van der Waals surface area (Å²) in [7, 11) is -3.82. The highest BCUT2D eigenvalue weighted by Crippen LogP contribution is 2.25. The number of aryl methyl sites for hydroxylation is 1. The van der Waals surface area contributed by atoms with Gasteiger partial charge < -0.3 is 9.88 Å². The fourth-order valence-electron chi connectivity index (χ4n) is 3.26. The predicted molar refractivity (Wildman–Crippen MR) is 106 cm³/mol. The Morgan fingerprint density at radius 1 is 1.32 bits per heavy atom. The van der Waals surface area contributed by atoms with Gasteiger partial charge in [-0.25, -0.2) is 23.3 Å². The zero-order chi connectivity index (χ0) is 20.3. The number of imidazole rings is 1. The largest absolute Gasteiger partial charge is 0.335 e. The van der Waals surface area contributed by atoms with Gasteiger partial charge in [-0.15, -0.1) is 0 Å². The van der Waals surface area contributed by atoms with Crippen LogP contribution in [0.25, 0.3) is 11.0 Å². The molecule has 28 heavy (non-hydrogen) atoms. The molecule has 1 aromatic carbocycles. The number of fused-ring (bicyclic) bond motifs is 1. The maximum Gasteiger partial charge on any atom is 0.321 e. The highest BCUT2D eigenvalue weighted by molar-refractivity contribution is 7.99. The van der Waals surface area contributed by atoms with Crippen LogP contribution in [0.1, 0.15) is 32.6 Å². The summed E-state index contributed by atoms with van der Waals surface area (Å²) in [5, 5.41) is 10.9. The molecular weight excluding hydrogens is 402 g/mol. The van der Waals surface area contributed by atoms with E-state index in [1.165, 1.54) is 23.9 Å². The van der Waals surface area contributed by atoms with Gasteiger partial charge in [0.2, 0.25) is 15.9 Å². The number of nitrogens with one attached hydrogen (secondary N) is 2. The van der Waals surface area contributed by atoms with Crippen LogP contribution in [0.2, 0.25) is 0 Å². The van der Waals surface area contributed by atoms with E-state index in [0.717, 1.165) is 31.2 Å². The highest BCUT2D eigenvalue weighted by atomic mass is 32.2. The Hall–Kier alpha value is -2.11. The van der Waals surface area contributed by atoms with Gasteiger partial charge in [0.15, 0.2) is 5.16 Å². The molecule has 2 aromatic rings. The minimum atomic E-state index is -3.82. The molecule has 1 aromatic heterocycles. The van der Waals surface area contributed by atoms with Gasteiger partial charge >= 0.3 is 6.03 Å². The van der Waals surface area contributed by atoms with Crippen LogP contribution in [0.5, 0.6) is 0 Å². The standard InChI is InChI=1S/C17H23N5O4S2/c1-2-22-14-8-7-12(28(18,25)26)9-13(14)20-17(22)27-10-15(23)21-16(24)19-11-5-3-4-6-11/h7-9,11H,2-6,10H2,1H3,(H2,18,25,26)(H2,19,21,23,24). The van der Waals surface area contributed by atoms with Gasteiger partial charge in [-0.2, -0.15) is 0 Å². The number of rotatable bonds is 6. The smallest absolute Gasteiger partial charge is 0.321 e. The first-order chi connectivity index (χ1) is 13.3. The molecule has 152 valence electrons. The average Bonchev–Trinajstić information content (AvgIpc) is 3.25. The number of primary sulfonamides is 1. The first kappa shape index (κ1) is 20.6. The number of thioether (sulfide) groups is 1. The number of amides is 3. The molecule has 1 fully saturated rings. The van der Waals surface area contributed by atoms with Gasteiger partial charge in [0.1, 0.15) is 0 Å². The highest BCUT2D eigenvalue weighted by Gasteiger charge is 2.19. The van der Waals surface area contributed by atoms with Crippen LogP contribution in [-0.2, 0) is 21.4 Å². The third-order valence-electron chi connectivity index (χ3n) is 4.61. The molecule has 11 heteroatoms. The Morgan fingerprint density at radius 2 is 2.04 bits per heavy atom. The van der Waals surface area contributed by atoms with E-state index in [4.69, 9.17) is 5.14 Å². The summed E-state index contributed by atoms with van der Waals surface area (Å²) in [5.41, 5.74) is 1.23. The lowest BCUT2D eigenvalue weighted by atomic mass is 10.2. The zero-order valence-electron chi connectivity index (χ0n) is 15.5. The van der Waals surface area contributed by atoms with Gasteiger partial charge in [0.05, 0.1) is 21.7 Å². The molecule has 1 aliphatic rings. The van der Waals surface area contributed by atoms with Crippen molar-refractivity contribution in [3.05, 3.63) is 18.2 Å². The van der Waals surface area contributed by atoms with Crippen molar-refractivity contribution in [3.63, 3.8) is 0 Å². The minimum Gasteiger partial charge on any atom is -0.335 e. The Balaban J connectivity index is 1.66. The number of aromatic nitrogens is 2. The number of imide groups is 1. The second-order valence-corrected chi connectivity index (χ2v) is 9.13. The number of carbonyl (C=O) groups excluding carboxylic acids is 2. The lowest BCUT2D eigenvalue weighted by Gasteiger charge is -2.12. The SMILES string of the molecule is CCn1c(SCC(=O)NC(=O)NC2CCCC2)nc2cc(S(N)(=O)=O)ccc21. The molecule has 3 rings (SSSR count). The van der Waals surface area contributed by atoms with E-state index in [2.05, 4.69) is 15.6 Å². The van der Waals surface area contributed by atoms with Crippen LogP contribution in [0.3, 0.4) is 0 Å². The summed E-state index contributed by atoms with van der Waals surface area (Å²) in [5.74, 6) is -0.399. The quantitative estimate of drug-likeness (QED) is 0.601. The fourth-order valence-corrected chi connectivity index (χ4v) is 4.68. The molecule has 4 N–H and O–H groups in total. The van der Waals surface area contributed by atoms with E-state index >= 15 is 0 Å². The number of hydrogen-bond acceptors (Lipinski definition) is 6. The summed E-state index contributed by atoms with van der Waals surface area (Å²) < 4.78 is 24.9. The molecule has 0 spiro atoms. The number of nitrogens with zero attached hydrogens (tertiary/aromatic N) is 2. The molecule has 0 saturated heterocycles. The fraction of sp³-hybridized carbons (Fsp3) is 0.471. The summed E-state index contributed by atoms with van der Waals surface area (Å²) in [4.78, 5) is 28.4. The summed E-state index contributed by atoms with van der Waals surface area (Å²) >= 11 is 1.18. The van der Waals surface area contributed by atoms with Gasteiger partial charge in [-0.3, -0.25) is 10.1 Å². The number of hydrogen-bond donors (Lipinski definition) is 3. The molecule has 0 bridgehead atoms. The van der Waals surface area contributed by atoms with Gasteiger partial charge in [0, 0.05) is 12.6 Å². The molecule has 1 aliphatic carbocycles. The van der Waals surface area contributed by atoms with E-state index in [-0.39, 0.29) is 16.7 Å². The van der Waals surface area contributed by atoms with Crippen LogP contribution < -0.4 is 15.8 Å². The summed E-state index contributed by atoms with van der Waals surface area (Å²) in [6.07, 6.45) is 4.07. The topological polar surface area (TPSA) is 136 Å². The van der Waals surface area contributed by atoms with E-state index in [9.17, 15) is 18.0 Å². The maximum absolute atomic E-state index is 12.1. The molecule has 1 heterocycles. The molecular formula is C17H23N5O4S2. The molecule has 0 atom stereocenters. The van der Waals surface area contributed by atoms with Crippen molar-refractivity contribution in [1.82, 2.24) is 20.2 Å². The summed E-state index contributed by atoms with van der Waals surface area (Å²) in [6.45, 7) is 2.52. The molecule has 9 nitrogen and oxygen atoms in total. The second kappa shape index (κ2) is 8.50. The van der Waals surface area contributed by atoms with Crippen LogP contribution >= 0.6 is 11.8 Å². The number of sulfonamides is 1.